The third-order valence-electron chi connectivity index (χ3n) is 3.94. The normalized spacial score (nSPS) is 18.5. The number of fused-ring (bicyclic) bond motifs is 1. The summed E-state index contributed by atoms with van der Waals surface area (Å²) in [7, 11) is 0. The minimum atomic E-state index is -0.877. The molecule has 0 saturated heterocycles. The minimum absolute atomic E-state index is 0.0493. The van der Waals surface area contributed by atoms with Gasteiger partial charge in [0.05, 0.1) is 13.1 Å². The summed E-state index contributed by atoms with van der Waals surface area (Å²) in [6.45, 7) is 2.04. The van der Waals surface area contributed by atoms with Crippen molar-refractivity contribution in [2.75, 3.05) is 0 Å². The molecule has 1 atom stereocenters. The molecule has 0 bridgehead atoms. The number of benzene rings is 1. The molecule has 0 spiro atoms. The average molecular weight is 361 g/mol. The molecule has 26 heavy (non-hydrogen) atoms. The van der Waals surface area contributed by atoms with Crippen LogP contribution < -0.4 is 10.5 Å². The molecule has 0 aliphatic carbocycles. The van der Waals surface area contributed by atoms with Gasteiger partial charge in [0, 0.05) is 10.5 Å². The third kappa shape index (κ3) is 2.72. The van der Waals surface area contributed by atoms with Crippen LogP contribution in [0.3, 0.4) is 0 Å². The van der Waals surface area contributed by atoms with Gasteiger partial charge in [-0.05, 0) is 36.1 Å². The molecule has 3 heterocycles. The van der Waals surface area contributed by atoms with E-state index in [1.807, 2.05) is 0 Å². The Bertz CT molecular complexity index is 1030. The van der Waals surface area contributed by atoms with E-state index in [4.69, 9.17) is 9.15 Å². The number of rotatable bonds is 4. The molecule has 11 heteroatoms. The van der Waals surface area contributed by atoms with Gasteiger partial charge in [-0.1, -0.05) is 0 Å². The second kappa shape index (κ2) is 5.51. The highest BCUT2D eigenvalue weighted by Gasteiger charge is 2.41. The summed E-state index contributed by atoms with van der Waals surface area (Å²) in [5.74, 6) is -1.35. The number of nitrogens with zero attached hydrogens (tertiary/aromatic N) is 5. The summed E-state index contributed by atoms with van der Waals surface area (Å²) >= 11 is 0. The fourth-order valence-corrected chi connectivity index (χ4v) is 2.80. The maximum atomic E-state index is 13.0. The molecule has 0 saturated carbocycles. The lowest BCUT2D eigenvalue weighted by atomic mass is 10.1. The molecule has 3 aromatic rings. The Balaban J connectivity index is 1.56. The number of ether oxygens (including phenoxy) is 1. The first-order valence-electron chi connectivity index (χ1n) is 7.57. The molecule has 1 aliphatic heterocycles. The van der Waals surface area contributed by atoms with E-state index in [0.717, 1.165) is 4.68 Å². The van der Waals surface area contributed by atoms with Crippen molar-refractivity contribution < 1.29 is 18.5 Å². The molecule has 0 radical (unpaired) electrons. The van der Waals surface area contributed by atoms with Crippen LogP contribution in [0.1, 0.15) is 6.92 Å². The lowest BCUT2D eigenvalue weighted by molar-refractivity contribution is -0.389. The van der Waals surface area contributed by atoms with E-state index in [0.29, 0.717) is 5.56 Å². The van der Waals surface area contributed by atoms with Crippen LogP contribution >= 0.6 is 0 Å². The first kappa shape index (κ1) is 16.0. The van der Waals surface area contributed by atoms with Gasteiger partial charge in [0.1, 0.15) is 17.6 Å². The van der Waals surface area contributed by atoms with Gasteiger partial charge in [-0.3, -0.25) is 4.57 Å². The van der Waals surface area contributed by atoms with Crippen LogP contribution in [0.2, 0.25) is 0 Å². The largest absolute Gasteiger partial charge is 0.437 e. The second-order valence-corrected chi connectivity index (χ2v) is 6.16. The highest BCUT2D eigenvalue weighted by Crippen LogP contribution is 2.31. The fraction of sp³-hybridized carbons (Fsp3) is 0.267. The zero-order valence-electron chi connectivity index (χ0n) is 13.5. The fourth-order valence-electron chi connectivity index (χ4n) is 2.80. The van der Waals surface area contributed by atoms with E-state index in [1.165, 1.54) is 35.0 Å². The molecule has 1 aliphatic rings. The minimum Gasteiger partial charge on any atom is -0.436 e. The van der Waals surface area contributed by atoms with Crippen molar-refractivity contribution in [3.05, 3.63) is 56.9 Å². The molecule has 1 aromatic carbocycles. The average Bonchev–Trinajstić information content (AvgIpc) is 3.20. The van der Waals surface area contributed by atoms with E-state index in [-0.39, 0.29) is 30.8 Å². The molecule has 134 valence electrons. The third-order valence-corrected chi connectivity index (χ3v) is 3.94. The second-order valence-electron chi connectivity index (χ2n) is 6.16. The predicted octanol–water partition coefficient (Wildman–Crippen LogP) is 1.60. The summed E-state index contributed by atoms with van der Waals surface area (Å²) in [5.41, 5.74) is -0.415. The Morgan fingerprint density at radius 2 is 2.12 bits per heavy atom. The first-order chi connectivity index (χ1) is 12.3. The van der Waals surface area contributed by atoms with Gasteiger partial charge in [-0.15, -0.1) is 5.10 Å². The highest BCUT2D eigenvalue weighted by atomic mass is 19.1. The Kier molecular flexibility index (Phi) is 3.39. The van der Waals surface area contributed by atoms with Crippen LogP contribution in [0.4, 0.5) is 10.2 Å². The molecular weight excluding hydrogens is 349 g/mol. The van der Waals surface area contributed by atoms with Crippen LogP contribution in [0.15, 0.2) is 39.7 Å². The van der Waals surface area contributed by atoms with Crippen LogP contribution in [-0.2, 0) is 13.1 Å². The van der Waals surface area contributed by atoms with Crippen molar-refractivity contribution in [3.8, 4) is 17.5 Å². The molecular formula is C15H12FN5O5. The van der Waals surface area contributed by atoms with E-state index < -0.39 is 22.1 Å². The van der Waals surface area contributed by atoms with E-state index in [9.17, 15) is 19.3 Å². The quantitative estimate of drug-likeness (QED) is 0.511. The number of imidazole rings is 1. The van der Waals surface area contributed by atoms with Crippen molar-refractivity contribution in [1.82, 2.24) is 19.3 Å². The van der Waals surface area contributed by atoms with Crippen molar-refractivity contribution >= 4 is 5.82 Å². The lowest BCUT2D eigenvalue weighted by Crippen LogP contribution is -2.39. The summed E-state index contributed by atoms with van der Waals surface area (Å²) in [6.07, 6.45) is 1.27. The Labute approximate surface area is 144 Å². The summed E-state index contributed by atoms with van der Waals surface area (Å²) in [6, 6.07) is 5.49. The highest BCUT2D eigenvalue weighted by molar-refractivity contribution is 5.51. The Morgan fingerprint density at radius 1 is 1.38 bits per heavy atom. The summed E-state index contributed by atoms with van der Waals surface area (Å²) in [4.78, 5) is 26.0. The first-order valence-corrected chi connectivity index (χ1v) is 7.57. The number of hydrogen-bond donors (Lipinski definition) is 0. The number of hydrogen-bond acceptors (Lipinski definition) is 7. The zero-order chi connectivity index (χ0) is 18.5. The molecule has 0 fully saturated rings. The summed E-state index contributed by atoms with van der Waals surface area (Å²) in [5, 5.41) is 14.9. The Hall–Kier alpha value is -3.50. The SMILES string of the molecule is CC1(Cn2nc(-c3ccc(F)cc3)oc2=O)Cn2cc([N+](=O)[O-])nc2O1. The van der Waals surface area contributed by atoms with Crippen molar-refractivity contribution in [2.24, 2.45) is 0 Å². The van der Waals surface area contributed by atoms with Gasteiger partial charge in [-0.2, -0.15) is 4.68 Å². The van der Waals surface area contributed by atoms with E-state index in [1.54, 1.807) is 6.92 Å². The van der Waals surface area contributed by atoms with E-state index in [2.05, 4.69) is 10.1 Å². The van der Waals surface area contributed by atoms with Crippen molar-refractivity contribution in [3.63, 3.8) is 0 Å². The monoisotopic (exact) mass is 361 g/mol. The van der Waals surface area contributed by atoms with Gasteiger partial charge >= 0.3 is 17.6 Å². The van der Waals surface area contributed by atoms with Gasteiger partial charge in [0.2, 0.25) is 5.89 Å². The maximum Gasteiger partial charge on any atom is 0.437 e. The van der Waals surface area contributed by atoms with Crippen LogP contribution in [0, 0.1) is 15.9 Å². The van der Waals surface area contributed by atoms with Gasteiger partial charge < -0.3 is 19.3 Å². The summed E-state index contributed by atoms with van der Waals surface area (Å²) < 4.78 is 26.4. The number of aromatic nitrogens is 4. The lowest BCUT2D eigenvalue weighted by Gasteiger charge is -2.20. The standard InChI is InChI=1S/C15H12FN5O5/c1-15(7-19-6-11(21(23)24)17-13(19)26-15)8-20-14(22)25-12(18-20)9-2-4-10(16)5-3-9/h2-6H,7-8H2,1H3. The van der Waals surface area contributed by atoms with Crippen LogP contribution in [-0.4, -0.2) is 29.9 Å². The van der Waals surface area contributed by atoms with Crippen molar-refractivity contribution in [1.29, 1.82) is 0 Å². The molecule has 4 rings (SSSR count). The van der Waals surface area contributed by atoms with Crippen LogP contribution in [0.5, 0.6) is 6.01 Å². The van der Waals surface area contributed by atoms with Crippen LogP contribution in [0.25, 0.3) is 11.5 Å². The van der Waals surface area contributed by atoms with Gasteiger partial charge in [-0.25, -0.2) is 9.18 Å². The molecule has 2 aromatic heterocycles. The van der Waals surface area contributed by atoms with E-state index >= 15 is 0 Å². The molecule has 0 amide bonds. The number of halogens is 1. The van der Waals surface area contributed by atoms with Gasteiger partial charge in [0.25, 0.3) is 0 Å². The predicted molar refractivity (Wildman–Crippen MR) is 84.1 cm³/mol. The zero-order valence-corrected chi connectivity index (χ0v) is 13.5. The smallest absolute Gasteiger partial charge is 0.436 e. The maximum absolute atomic E-state index is 13.0. The number of nitro groups is 1. The molecule has 1 unspecified atom stereocenters. The van der Waals surface area contributed by atoms with Crippen molar-refractivity contribution in [2.45, 2.75) is 25.6 Å². The molecule has 10 nitrogen and oxygen atoms in total. The molecule has 0 N–H and O–H groups in total. The Morgan fingerprint density at radius 3 is 2.77 bits per heavy atom. The topological polar surface area (TPSA) is 118 Å². The van der Waals surface area contributed by atoms with Gasteiger partial charge in [0.15, 0.2) is 0 Å².